The van der Waals surface area contributed by atoms with Crippen LogP contribution in [-0.2, 0) is 9.53 Å². The molecular formula is C13H24N2O2. The molecule has 0 radical (unpaired) electrons. The molecule has 1 N–H and O–H groups in total. The summed E-state index contributed by atoms with van der Waals surface area (Å²) in [5.74, 6) is 1.06. The molecule has 0 aromatic rings. The van der Waals surface area contributed by atoms with Crippen LogP contribution in [0.5, 0.6) is 0 Å². The Morgan fingerprint density at radius 3 is 2.76 bits per heavy atom. The van der Waals surface area contributed by atoms with Crippen molar-refractivity contribution in [3.8, 4) is 0 Å². The average molecular weight is 240 g/mol. The lowest BCUT2D eigenvalue weighted by Crippen LogP contribution is -2.37. The van der Waals surface area contributed by atoms with Gasteiger partial charge < -0.3 is 15.0 Å². The minimum absolute atomic E-state index is 0.214. The fourth-order valence-electron chi connectivity index (χ4n) is 1.82. The molecule has 0 atom stereocenters. The molecule has 0 bridgehead atoms. The van der Waals surface area contributed by atoms with Crippen molar-refractivity contribution in [3.63, 3.8) is 0 Å². The maximum Gasteiger partial charge on any atom is 0.236 e. The number of hydrogen-bond acceptors (Lipinski definition) is 3. The fourth-order valence-corrected chi connectivity index (χ4v) is 1.82. The molecule has 2 aliphatic carbocycles. The zero-order valence-corrected chi connectivity index (χ0v) is 10.8. The van der Waals surface area contributed by atoms with Crippen LogP contribution in [0, 0.1) is 5.92 Å². The highest BCUT2D eigenvalue weighted by Gasteiger charge is 2.28. The molecule has 2 saturated carbocycles. The monoisotopic (exact) mass is 240 g/mol. The van der Waals surface area contributed by atoms with Gasteiger partial charge in [-0.3, -0.25) is 4.79 Å². The van der Waals surface area contributed by atoms with Gasteiger partial charge in [-0.2, -0.15) is 0 Å². The highest BCUT2D eigenvalue weighted by Crippen LogP contribution is 2.28. The molecular weight excluding hydrogens is 216 g/mol. The highest BCUT2D eigenvalue weighted by molar-refractivity contribution is 5.78. The SMILES string of the molecule is CN(C(=O)CNCCCOCC1CC1)C1CC1. The first-order valence-corrected chi connectivity index (χ1v) is 6.81. The summed E-state index contributed by atoms with van der Waals surface area (Å²) in [6.45, 7) is 3.09. The van der Waals surface area contributed by atoms with E-state index in [0.29, 0.717) is 12.6 Å². The van der Waals surface area contributed by atoms with E-state index >= 15 is 0 Å². The zero-order chi connectivity index (χ0) is 12.1. The lowest BCUT2D eigenvalue weighted by Gasteiger charge is -2.16. The molecule has 4 heteroatoms. The molecule has 0 unspecified atom stereocenters. The maximum atomic E-state index is 11.6. The van der Waals surface area contributed by atoms with Gasteiger partial charge in [-0.25, -0.2) is 0 Å². The second-order valence-electron chi connectivity index (χ2n) is 5.28. The summed E-state index contributed by atoms with van der Waals surface area (Å²) in [6.07, 6.45) is 6.04. The Kier molecular flexibility index (Phi) is 4.80. The van der Waals surface area contributed by atoms with Crippen molar-refractivity contribution in [2.24, 2.45) is 5.92 Å². The van der Waals surface area contributed by atoms with Gasteiger partial charge in [-0.15, -0.1) is 0 Å². The number of amides is 1. The van der Waals surface area contributed by atoms with Gasteiger partial charge in [0.05, 0.1) is 6.54 Å². The minimum atomic E-state index is 0.214. The van der Waals surface area contributed by atoms with Crippen LogP contribution in [0.2, 0.25) is 0 Å². The van der Waals surface area contributed by atoms with Crippen molar-refractivity contribution < 1.29 is 9.53 Å². The van der Waals surface area contributed by atoms with Gasteiger partial charge >= 0.3 is 0 Å². The third kappa shape index (κ3) is 5.04. The van der Waals surface area contributed by atoms with Crippen LogP contribution in [0.15, 0.2) is 0 Å². The van der Waals surface area contributed by atoms with Gasteiger partial charge in [0.15, 0.2) is 0 Å². The Morgan fingerprint density at radius 2 is 2.12 bits per heavy atom. The van der Waals surface area contributed by atoms with Gasteiger partial charge in [0.2, 0.25) is 5.91 Å². The fraction of sp³-hybridized carbons (Fsp3) is 0.923. The van der Waals surface area contributed by atoms with Crippen molar-refractivity contribution >= 4 is 5.91 Å². The topological polar surface area (TPSA) is 41.6 Å². The molecule has 0 aromatic carbocycles. The second kappa shape index (κ2) is 6.36. The zero-order valence-electron chi connectivity index (χ0n) is 10.8. The lowest BCUT2D eigenvalue weighted by atomic mass is 10.4. The van der Waals surface area contributed by atoms with Crippen LogP contribution in [0.4, 0.5) is 0 Å². The summed E-state index contributed by atoms with van der Waals surface area (Å²) in [4.78, 5) is 13.5. The average Bonchev–Trinajstić information content (AvgIpc) is 3.17. The maximum absolute atomic E-state index is 11.6. The van der Waals surface area contributed by atoms with Crippen LogP contribution in [0.25, 0.3) is 0 Å². The summed E-state index contributed by atoms with van der Waals surface area (Å²) in [5.41, 5.74) is 0. The summed E-state index contributed by atoms with van der Waals surface area (Å²) >= 11 is 0. The van der Waals surface area contributed by atoms with E-state index < -0.39 is 0 Å². The number of carbonyl (C=O) groups excluding carboxylic acids is 1. The van der Waals surface area contributed by atoms with Crippen LogP contribution in [0.1, 0.15) is 32.1 Å². The van der Waals surface area contributed by atoms with E-state index in [1.54, 1.807) is 0 Å². The van der Waals surface area contributed by atoms with E-state index in [4.69, 9.17) is 4.74 Å². The van der Waals surface area contributed by atoms with E-state index in [9.17, 15) is 4.79 Å². The Bertz CT molecular complexity index is 250. The quantitative estimate of drug-likeness (QED) is 0.612. The van der Waals surface area contributed by atoms with E-state index in [1.807, 2.05) is 11.9 Å². The lowest BCUT2D eigenvalue weighted by molar-refractivity contribution is -0.129. The molecule has 0 aromatic heterocycles. The molecule has 2 fully saturated rings. The van der Waals surface area contributed by atoms with Crippen molar-refractivity contribution in [1.29, 1.82) is 0 Å². The predicted molar refractivity (Wildman–Crippen MR) is 66.8 cm³/mol. The van der Waals surface area contributed by atoms with E-state index in [-0.39, 0.29) is 5.91 Å². The van der Waals surface area contributed by atoms with Gasteiger partial charge in [-0.1, -0.05) is 0 Å². The van der Waals surface area contributed by atoms with Gasteiger partial charge in [0.25, 0.3) is 0 Å². The molecule has 0 heterocycles. The number of nitrogens with one attached hydrogen (secondary N) is 1. The minimum Gasteiger partial charge on any atom is -0.381 e. The summed E-state index contributed by atoms with van der Waals surface area (Å²) in [6, 6.07) is 0.520. The summed E-state index contributed by atoms with van der Waals surface area (Å²) < 4.78 is 5.52. The van der Waals surface area contributed by atoms with Crippen molar-refractivity contribution in [1.82, 2.24) is 10.2 Å². The van der Waals surface area contributed by atoms with E-state index in [2.05, 4.69) is 5.32 Å². The van der Waals surface area contributed by atoms with Gasteiger partial charge in [0.1, 0.15) is 0 Å². The standard InChI is InChI=1S/C13H24N2O2/c1-15(12-5-6-12)13(16)9-14-7-2-8-17-10-11-3-4-11/h11-12,14H,2-10H2,1H3. The van der Waals surface area contributed by atoms with Crippen LogP contribution < -0.4 is 5.32 Å². The number of carbonyl (C=O) groups is 1. The normalized spacial score (nSPS) is 19.4. The number of ether oxygens (including phenoxy) is 1. The van der Waals surface area contributed by atoms with Crippen LogP contribution in [0.3, 0.4) is 0 Å². The Labute approximate surface area is 104 Å². The Balaban J connectivity index is 1.38. The molecule has 1 amide bonds. The van der Waals surface area contributed by atoms with Crippen LogP contribution in [-0.4, -0.2) is 50.2 Å². The molecule has 2 aliphatic rings. The smallest absolute Gasteiger partial charge is 0.236 e. The third-order valence-corrected chi connectivity index (χ3v) is 3.46. The van der Waals surface area contributed by atoms with Crippen molar-refractivity contribution in [3.05, 3.63) is 0 Å². The first kappa shape index (κ1) is 12.8. The number of nitrogens with zero attached hydrogens (tertiary/aromatic N) is 1. The Hall–Kier alpha value is -0.610. The third-order valence-electron chi connectivity index (χ3n) is 3.46. The molecule has 4 nitrogen and oxygen atoms in total. The summed E-state index contributed by atoms with van der Waals surface area (Å²) in [5, 5.41) is 3.18. The largest absolute Gasteiger partial charge is 0.381 e. The highest BCUT2D eigenvalue weighted by atomic mass is 16.5. The summed E-state index contributed by atoms with van der Waals surface area (Å²) in [7, 11) is 1.90. The molecule has 17 heavy (non-hydrogen) atoms. The van der Waals surface area contributed by atoms with Crippen molar-refractivity contribution in [2.75, 3.05) is 33.4 Å². The van der Waals surface area contributed by atoms with E-state index in [0.717, 1.165) is 32.1 Å². The first-order valence-electron chi connectivity index (χ1n) is 6.81. The predicted octanol–water partition coefficient (Wildman–Crippen LogP) is 1.01. The van der Waals surface area contributed by atoms with Gasteiger partial charge in [0, 0.05) is 26.3 Å². The first-order chi connectivity index (χ1) is 8.27. The molecule has 0 spiro atoms. The Morgan fingerprint density at radius 1 is 1.35 bits per heavy atom. The second-order valence-corrected chi connectivity index (χ2v) is 5.28. The molecule has 0 aliphatic heterocycles. The van der Waals surface area contributed by atoms with Gasteiger partial charge in [-0.05, 0) is 44.6 Å². The number of rotatable bonds is 9. The molecule has 98 valence electrons. The van der Waals surface area contributed by atoms with Crippen molar-refractivity contribution in [2.45, 2.75) is 38.1 Å². The molecule has 0 saturated heterocycles. The number of hydrogen-bond donors (Lipinski definition) is 1. The van der Waals surface area contributed by atoms with E-state index in [1.165, 1.54) is 25.7 Å². The number of likely N-dealkylation sites (N-methyl/N-ethyl adjacent to an activating group) is 1. The van der Waals surface area contributed by atoms with Crippen LogP contribution >= 0.6 is 0 Å². The molecule has 2 rings (SSSR count).